The molecule has 0 bridgehead atoms. The Morgan fingerprint density at radius 1 is 1.03 bits per heavy atom. The van der Waals surface area contributed by atoms with Crippen LogP contribution in [0.1, 0.15) is 28.5 Å². The topological polar surface area (TPSA) is 54.3 Å². The van der Waals surface area contributed by atoms with Gasteiger partial charge in [-0.05, 0) is 43.7 Å². The number of halogens is 1. The van der Waals surface area contributed by atoms with Crippen LogP contribution in [0.2, 0.25) is 5.02 Å². The zero-order valence-electron chi connectivity index (χ0n) is 19.5. The summed E-state index contributed by atoms with van der Waals surface area (Å²) in [6, 6.07) is 17.8. The molecule has 0 unspecified atom stereocenters. The van der Waals surface area contributed by atoms with Crippen LogP contribution in [0.4, 0.5) is 0 Å². The first kappa shape index (κ1) is 22.6. The standard InChI is InChI=1S/C27H28ClN5O/c1-3-33-19(2)24(17-29-33)26-16-23(22-6-4-5-7-25(22)30-26)27(34)32-14-12-31(13-15-32)18-20-8-10-21(28)11-9-20/h4-11,16-17H,3,12-15,18H2,1-2H3. The Labute approximate surface area is 204 Å². The minimum atomic E-state index is 0.0616. The molecule has 0 spiro atoms. The van der Waals surface area contributed by atoms with Gasteiger partial charge >= 0.3 is 0 Å². The number of aromatic nitrogens is 3. The average molecular weight is 474 g/mol. The number of amides is 1. The number of hydrogen-bond acceptors (Lipinski definition) is 4. The van der Waals surface area contributed by atoms with Crippen LogP contribution in [-0.2, 0) is 13.1 Å². The summed E-state index contributed by atoms with van der Waals surface area (Å²) in [5, 5.41) is 6.11. The lowest BCUT2D eigenvalue weighted by Crippen LogP contribution is -2.48. The first-order valence-electron chi connectivity index (χ1n) is 11.7. The van der Waals surface area contributed by atoms with Crippen molar-refractivity contribution in [1.29, 1.82) is 0 Å². The number of piperazine rings is 1. The van der Waals surface area contributed by atoms with E-state index < -0.39 is 0 Å². The van der Waals surface area contributed by atoms with Gasteiger partial charge in [0.25, 0.3) is 5.91 Å². The number of para-hydroxylation sites is 1. The van der Waals surface area contributed by atoms with Crippen LogP contribution in [0.5, 0.6) is 0 Å². The smallest absolute Gasteiger partial charge is 0.254 e. The zero-order valence-corrected chi connectivity index (χ0v) is 20.3. The summed E-state index contributed by atoms with van der Waals surface area (Å²) in [7, 11) is 0. The third-order valence-electron chi connectivity index (χ3n) is 6.60. The van der Waals surface area contributed by atoms with Crippen molar-refractivity contribution in [3.05, 3.63) is 82.6 Å². The van der Waals surface area contributed by atoms with Gasteiger partial charge < -0.3 is 4.90 Å². The highest BCUT2D eigenvalue weighted by Crippen LogP contribution is 2.28. The van der Waals surface area contributed by atoms with E-state index in [4.69, 9.17) is 16.6 Å². The first-order valence-corrected chi connectivity index (χ1v) is 12.1. The Kier molecular flexibility index (Phi) is 6.35. The number of hydrogen-bond donors (Lipinski definition) is 0. The Bertz CT molecular complexity index is 1320. The van der Waals surface area contributed by atoms with Crippen molar-refractivity contribution in [2.45, 2.75) is 26.9 Å². The molecule has 0 aliphatic carbocycles. The van der Waals surface area contributed by atoms with Gasteiger partial charge in [-0.15, -0.1) is 0 Å². The van der Waals surface area contributed by atoms with Crippen molar-refractivity contribution in [2.75, 3.05) is 26.2 Å². The second-order valence-electron chi connectivity index (χ2n) is 8.73. The van der Waals surface area contributed by atoms with E-state index in [2.05, 4.69) is 29.1 Å². The van der Waals surface area contributed by atoms with Crippen LogP contribution in [0.25, 0.3) is 22.2 Å². The summed E-state index contributed by atoms with van der Waals surface area (Å²) < 4.78 is 1.95. The van der Waals surface area contributed by atoms with Crippen molar-refractivity contribution in [2.24, 2.45) is 0 Å². The monoisotopic (exact) mass is 473 g/mol. The molecule has 1 amide bonds. The quantitative estimate of drug-likeness (QED) is 0.407. The molecular formula is C27H28ClN5O. The number of fused-ring (bicyclic) bond motifs is 1. The fourth-order valence-corrected chi connectivity index (χ4v) is 4.76. The van der Waals surface area contributed by atoms with E-state index in [1.165, 1.54) is 5.56 Å². The second-order valence-corrected chi connectivity index (χ2v) is 9.16. The van der Waals surface area contributed by atoms with Crippen LogP contribution >= 0.6 is 11.6 Å². The molecule has 1 fully saturated rings. The van der Waals surface area contributed by atoms with Crippen LogP contribution in [0, 0.1) is 6.92 Å². The molecule has 5 rings (SSSR count). The normalized spacial score (nSPS) is 14.6. The molecule has 34 heavy (non-hydrogen) atoms. The van der Waals surface area contributed by atoms with Gasteiger partial charge in [-0.25, -0.2) is 4.98 Å². The molecule has 174 valence electrons. The lowest BCUT2D eigenvalue weighted by Gasteiger charge is -2.35. The maximum Gasteiger partial charge on any atom is 0.254 e. The van der Waals surface area contributed by atoms with Crippen molar-refractivity contribution < 1.29 is 4.79 Å². The lowest BCUT2D eigenvalue weighted by atomic mass is 10.0. The number of pyridine rings is 1. The molecular weight excluding hydrogens is 446 g/mol. The Hall–Kier alpha value is -3.22. The minimum Gasteiger partial charge on any atom is -0.336 e. The van der Waals surface area contributed by atoms with Crippen LogP contribution in [-0.4, -0.2) is 56.7 Å². The number of carbonyl (C=O) groups is 1. The molecule has 0 saturated carbocycles. The van der Waals surface area contributed by atoms with Gasteiger partial charge in [-0.1, -0.05) is 41.9 Å². The van der Waals surface area contributed by atoms with Crippen molar-refractivity contribution in [1.82, 2.24) is 24.6 Å². The number of rotatable bonds is 5. The highest BCUT2D eigenvalue weighted by atomic mass is 35.5. The van der Waals surface area contributed by atoms with Crippen molar-refractivity contribution in [3.63, 3.8) is 0 Å². The largest absolute Gasteiger partial charge is 0.336 e. The Morgan fingerprint density at radius 2 is 1.76 bits per heavy atom. The lowest BCUT2D eigenvalue weighted by molar-refractivity contribution is 0.0630. The van der Waals surface area contributed by atoms with Gasteiger partial charge in [-0.2, -0.15) is 5.10 Å². The molecule has 3 heterocycles. The average Bonchev–Trinajstić information content (AvgIpc) is 3.25. The highest BCUT2D eigenvalue weighted by Gasteiger charge is 2.25. The number of carbonyl (C=O) groups excluding carboxylic acids is 1. The molecule has 2 aromatic heterocycles. The molecule has 0 radical (unpaired) electrons. The summed E-state index contributed by atoms with van der Waals surface area (Å²) in [6.07, 6.45) is 1.85. The van der Waals surface area contributed by atoms with E-state index in [9.17, 15) is 4.79 Å². The fraction of sp³-hybridized carbons (Fsp3) is 0.296. The van der Waals surface area contributed by atoms with Crippen molar-refractivity contribution in [3.8, 4) is 11.3 Å². The molecule has 0 N–H and O–H groups in total. The molecule has 6 nitrogen and oxygen atoms in total. The second kappa shape index (κ2) is 9.57. The molecule has 4 aromatic rings. The van der Waals surface area contributed by atoms with Gasteiger partial charge in [0.15, 0.2) is 0 Å². The van der Waals surface area contributed by atoms with Gasteiger partial charge in [0.2, 0.25) is 0 Å². The maximum absolute atomic E-state index is 13.7. The van der Waals surface area contributed by atoms with E-state index in [0.717, 1.165) is 59.1 Å². The molecule has 2 aromatic carbocycles. The molecule has 1 aliphatic rings. The summed E-state index contributed by atoms with van der Waals surface area (Å²) in [4.78, 5) is 22.9. The Balaban J connectivity index is 1.38. The zero-order chi connectivity index (χ0) is 23.7. The molecule has 1 aliphatic heterocycles. The number of aryl methyl sites for hydroxylation is 1. The number of benzene rings is 2. The summed E-state index contributed by atoms with van der Waals surface area (Å²) >= 11 is 6.01. The SMILES string of the molecule is CCn1ncc(-c2cc(C(=O)N3CCN(Cc4ccc(Cl)cc4)CC3)c3ccccc3n2)c1C. The number of nitrogens with zero attached hydrogens (tertiary/aromatic N) is 5. The fourth-order valence-electron chi connectivity index (χ4n) is 4.63. The third-order valence-corrected chi connectivity index (χ3v) is 6.86. The molecule has 0 atom stereocenters. The first-order chi connectivity index (χ1) is 16.5. The van der Waals surface area contributed by atoms with Gasteiger partial charge in [0, 0.05) is 60.9 Å². The summed E-state index contributed by atoms with van der Waals surface area (Å²) in [6.45, 7) is 8.85. The van der Waals surface area contributed by atoms with Gasteiger partial charge in [0.1, 0.15) is 0 Å². The van der Waals surface area contributed by atoms with Gasteiger partial charge in [-0.3, -0.25) is 14.4 Å². The third kappa shape index (κ3) is 4.43. The molecule has 1 saturated heterocycles. The predicted octanol–water partition coefficient (Wildman–Crippen LogP) is 5.04. The van der Waals surface area contributed by atoms with E-state index in [1.807, 2.05) is 65.2 Å². The highest BCUT2D eigenvalue weighted by molar-refractivity contribution is 6.30. The predicted molar refractivity (Wildman–Crippen MR) is 136 cm³/mol. The van der Waals surface area contributed by atoms with Gasteiger partial charge in [0.05, 0.1) is 23.0 Å². The van der Waals surface area contributed by atoms with Crippen LogP contribution in [0.15, 0.2) is 60.8 Å². The maximum atomic E-state index is 13.7. The van der Waals surface area contributed by atoms with Crippen LogP contribution in [0.3, 0.4) is 0 Å². The minimum absolute atomic E-state index is 0.0616. The van der Waals surface area contributed by atoms with Crippen LogP contribution < -0.4 is 0 Å². The van der Waals surface area contributed by atoms with E-state index >= 15 is 0 Å². The van der Waals surface area contributed by atoms with Crippen molar-refractivity contribution >= 4 is 28.4 Å². The summed E-state index contributed by atoms with van der Waals surface area (Å²) in [5.74, 6) is 0.0616. The summed E-state index contributed by atoms with van der Waals surface area (Å²) in [5.41, 5.74) is 5.58. The van der Waals surface area contributed by atoms with E-state index in [1.54, 1.807) is 0 Å². The van der Waals surface area contributed by atoms with E-state index in [0.29, 0.717) is 18.7 Å². The van der Waals surface area contributed by atoms with E-state index in [-0.39, 0.29) is 5.91 Å². The molecule has 7 heteroatoms. The Morgan fingerprint density at radius 3 is 2.47 bits per heavy atom.